The molecule has 8 nitrogen and oxygen atoms in total. The highest BCUT2D eigenvalue weighted by atomic mass is 16.5. The van der Waals surface area contributed by atoms with Crippen molar-refractivity contribution in [3.63, 3.8) is 0 Å². The van der Waals surface area contributed by atoms with Crippen LogP contribution in [-0.4, -0.2) is 56.0 Å². The third kappa shape index (κ3) is 5.61. The van der Waals surface area contributed by atoms with E-state index in [2.05, 4.69) is 22.8 Å². The van der Waals surface area contributed by atoms with Crippen molar-refractivity contribution < 1.29 is 29.0 Å². The molecule has 8 heteroatoms. The topological polar surface area (TPSA) is 114 Å². The summed E-state index contributed by atoms with van der Waals surface area (Å²) in [6.07, 6.45) is -1.29. The number of carboxylic acid groups (broad SMARTS) is 1. The Labute approximate surface area is 180 Å². The predicted octanol–water partition coefficient (Wildman–Crippen LogP) is 2.52. The zero-order valence-electron chi connectivity index (χ0n) is 17.3. The summed E-state index contributed by atoms with van der Waals surface area (Å²) in [6, 6.07) is 16.2. The molecule has 2 amide bonds. The molecule has 0 bridgehead atoms. The van der Waals surface area contributed by atoms with Gasteiger partial charge < -0.3 is 25.2 Å². The first-order valence-electron chi connectivity index (χ1n) is 10.1. The number of hydrogen-bond acceptors (Lipinski definition) is 5. The summed E-state index contributed by atoms with van der Waals surface area (Å²) in [5.41, 5.74) is 4.58. The van der Waals surface area contributed by atoms with Gasteiger partial charge in [-0.3, -0.25) is 9.59 Å². The van der Waals surface area contributed by atoms with Crippen molar-refractivity contribution in [2.45, 2.75) is 24.9 Å². The van der Waals surface area contributed by atoms with E-state index in [1.807, 2.05) is 36.4 Å². The minimum Gasteiger partial charge on any atom is -0.481 e. The lowest BCUT2D eigenvalue weighted by molar-refractivity contribution is -0.137. The summed E-state index contributed by atoms with van der Waals surface area (Å²) < 4.78 is 10.6. The zero-order valence-corrected chi connectivity index (χ0v) is 17.3. The van der Waals surface area contributed by atoms with E-state index >= 15 is 0 Å². The van der Waals surface area contributed by atoms with Gasteiger partial charge in [-0.25, -0.2) is 4.79 Å². The Balaban J connectivity index is 1.46. The van der Waals surface area contributed by atoms with Gasteiger partial charge in [0.15, 0.2) is 0 Å². The van der Waals surface area contributed by atoms with E-state index in [1.165, 1.54) is 7.11 Å². The number of benzene rings is 2. The minimum atomic E-state index is -0.994. The van der Waals surface area contributed by atoms with Crippen LogP contribution in [0, 0.1) is 0 Å². The first kappa shape index (κ1) is 22.3. The molecule has 0 aromatic heterocycles. The van der Waals surface area contributed by atoms with Crippen molar-refractivity contribution in [1.82, 2.24) is 10.6 Å². The van der Waals surface area contributed by atoms with Crippen molar-refractivity contribution >= 4 is 18.0 Å². The molecule has 0 saturated heterocycles. The average Bonchev–Trinajstić information content (AvgIpc) is 3.09. The highest BCUT2D eigenvalue weighted by Gasteiger charge is 2.29. The van der Waals surface area contributed by atoms with Crippen LogP contribution in [0.4, 0.5) is 4.79 Å². The maximum atomic E-state index is 12.2. The normalized spacial score (nSPS) is 13.1. The first-order chi connectivity index (χ1) is 15.0. The number of hydrogen-bond donors (Lipinski definition) is 3. The Bertz CT molecular complexity index is 900. The maximum absolute atomic E-state index is 12.2. The van der Waals surface area contributed by atoms with E-state index in [4.69, 9.17) is 14.6 Å². The second-order valence-electron chi connectivity index (χ2n) is 7.20. The molecular weight excluding hydrogens is 400 g/mol. The van der Waals surface area contributed by atoms with Crippen LogP contribution in [0.15, 0.2) is 48.5 Å². The molecule has 1 unspecified atom stereocenters. The van der Waals surface area contributed by atoms with Gasteiger partial charge in [0.05, 0.1) is 6.42 Å². The number of methoxy groups -OCH3 is 1. The van der Waals surface area contributed by atoms with Gasteiger partial charge in [-0.05, 0) is 22.3 Å². The van der Waals surface area contributed by atoms with Crippen molar-refractivity contribution in [2.24, 2.45) is 0 Å². The molecule has 0 spiro atoms. The van der Waals surface area contributed by atoms with Crippen LogP contribution in [0.3, 0.4) is 0 Å². The van der Waals surface area contributed by atoms with E-state index in [-0.39, 0.29) is 38.5 Å². The number of nitrogens with one attached hydrogen (secondary N) is 2. The zero-order chi connectivity index (χ0) is 22.2. The standard InChI is InChI=1S/C23H26N2O6/c1-30-20(22(28)24-13-11-21(26)27)10-12-25-23(29)31-14-19-17-8-4-2-6-15(17)16-7-3-5-9-18(16)19/h2-9,19-20H,10-14H2,1H3,(H,24,28)(H,25,29)(H,26,27). The Hall–Kier alpha value is -3.39. The Kier molecular flexibility index (Phi) is 7.61. The number of fused-ring (bicyclic) bond motifs is 3. The molecule has 1 aliphatic rings. The number of carboxylic acids is 1. The Morgan fingerprint density at radius 3 is 2.16 bits per heavy atom. The fourth-order valence-corrected chi connectivity index (χ4v) is 3.72. The van der Waals surface area contributed by atoms with Crippen molar-refractivity contribution in [2.75, 3.05) is 26.8 Å². The van der Waals surface area contributed by atoms with E-state index < -0.39 is 24.1 Å². The van der Waals surface area contributed by atoms with Gasteiger partial charge in [0.25, 0.3) is 0 Å². The molecule has 0 saturated carbocycles. The van der Waals surface area contributed by atoms with Gasteiger partial charge >= 0.3 is 12.1 Å². The van der Waals surface area contributed by atoms with Gasteiger partial charge in [0.1, 0.15) is 12.7 Å². The van der Waals surface area contributed by atoms with Crippen LogP contribution in [0.25, 0.3) is 11.1 Å². The predicted molar refractivity (Wildman–Crippen MR) is 114 cm³/mol. The number of carbonyl (C=O) groups excluding carboxylic acids is 2. The molecule has 2 aromatic rings. The second kappa shape index (κ2) is 10.6. The number of aliphatic carboxylic acids is 1. The summed E-state index contributed by atoms with van der Waals surface area (Å²) >= 11 is 0. The summed E-state index contributed by atoms with van der Waals surface area (Å²) in [4.78, 5) is 34.7. The molecule has 1 atom stereocenters. The molecule has 0 aliphatic heterocycles. The highest BCUT2D eigenvalue weighted by molar-refractivity contribution is 5.81. The number of alkyl carbamates (subject to hydrolysis) is 1. The fourth-order valence-electron chi connectivity index (χ4n) is 3.72. The Morgan fingerprint density at radius 1 is 0.968 bits per heavy atom. The molecular formula is C23H26N2O6. The van der Waals surface area contributed by atoms with E-state index in [0.29, 0.717) is 0 Å². The van der Waals surface area contributed by atoms with Crippen LogP contribution < -0.4 is 10.6 Å². The van der Waals surface area contributed by atoms with Gasteiger partial charge in [0.2, 0.25) is 5.91 Å². The quantitative estimate of drug-likeness (QED) is 0.538. The van der Waals surface area contributed by atoms with Crippen LogP contribution in [0.5, 0.6) is 0 Å². The SMILES string of the molecule is COC(CCNC(=O)OCC1c2ccccc2-c2ccccc21)C(=O)NCCC(=O)O. The van der Waals surface area contributed by atoms with Gasteiger partial charge in [-0.2, -0.15) is 0 Å². The Morgan fingerprint density at radius 2 is 1.58 bits per heavy atom. The van der Waals surface area contributed by atoms with Crippen molar-refractivity contribution in [3.8, 4) is 11.1 Å². The van der Waals surface area contributed by atoms with E-state index in [0.717, 1.165) is 22.3 Å². The summed E-state index contributed by atoms with van der Waals surface area (Å²) in [6.45, 7) is 0.415. The van der Waals surface area contributed by atoms with E-state index in [9.17, 15) is 14.4 Å². The van der Waals surface area contributed by atoms with Crippen molar-refractivity contribution in [1.29, 1.82) is 0 Å². The highest BCUT2D eigenvalue weighted by Crippen LogP contribution is 2.44. The largest absolute Gasteiger partial charge is 0.481 e. The fraction of sp³-hybridized carbons (Fsp3) is 0.348. The molecule has 3 N–H and O–H groups in total. The van der Waals surface area contributed by atoms with Crippen LogP contribution in [0.1, 0.15) is 29.9 Å². The third-order valence-electron chi connectivity index (χ3n) is 5.23. The average molecular weight is 426 g/mol. The molecule has 3 rings (SSSR count). The summed E-state index contributed by atoms with van der Waals surface area (Å²) in [5.74, 6) is -1.44. The lowest BCUT2D eigenvalue weighted by Gasteiger charge is -2.16. The summed E-state index contributed by atoms with van der Waals surface area (Å²) in [7, 11) is 1.38. The summed E-state index contributed by atoms with van der Waals surface area (Å²) in [5, 5.41) is 13.7. The number of rotatable bonds is 10. The lowest BCUT2D eigenvalue weighted by atomic mass is 9.98. The molecule has 0 heterocycles. The number of ether oxygens (including phenoxy) is 2. The van der Waals surface area contributed by atoms with Crippen LogP contribution >= 0.6 is 0 Å². The van der Waals surface area contributed by atoms with Gasteiger partial charge in [-0.1, -0.05) is 48.5 Å². The van der Waals surface area contributed by atoms with Gasteiger partial charge in [-0.15, -0.1) is 0 Å². The molecule has 2 aromatic carbocycles. The van der Waals surface area contributed by atoms with Crippen LogP contribution in [0.2, 0.25) is 0 Å². The maximum Gasteiger partial charge on any atom is 0.407 e. The minimum absolute atomic E-state index is 0.0217. The second-order valence-corrected chi connectivity index (χ2v) is 7.20. The monoisotopic (exact) mass is 426 g/mol. The number of amides is 2. The third-order valence-corrected chi connectivity index (χ3v) is 5.23. The smallest absolute Gasteiger partial charge is 0.407 e. The number of carbonyl (C=O) groups is 3. The molecule has 0 fully saturated rings. The molecule has 0 radical (unpaired) electrons. The van der Waals surface area contributed by atoms with Crippen LogP contribution in [-0.2, 0) is 19.1 Å². The molecule has 1 aliphatic carbocycles. The lowest BCUT2D eigenvalue weighted by Crippen LogP contribution is -2.39. The van der Waals surface area contributed by atoms with Gasteiger partial charge in [0, 0.05) is 32.5 Å². The molecule has 31 heavy (non-hydrogen) atoms. The van der Waals surface area contributed by atoms with E-state index in [1.54, 1.807) is 0 Å². The first-order valence-corrected chi connectivity index (χ1v) is 10.1. The molecule has 164 valence electrons. The van der Waals surface area contributed by atoms with Crippen molar-refractivity contribution in [3.05, 3.63) is 59.7 Å².